The van der Waals surface area contributed by atoms with Crippen LogP contribution in [-0.4, -0.2) is 37.1 Å². The molecule has 2 rings (SSSR count). The number of carbonyl (C=O) groups is 2. The Labute approximate surface area is 136 Å². The molecule has 0 aromatic heterocycles. The largest absolute Gasteiger partial charge is 0.516 e. The normalized spacial score (nSPS) is 18.1. The van der Waals surface area contributed by atoms with E-state index in [1.54, 1.807) is 13.8 Å². The third kappa shape index (κ3) is 3.37. The van der Waals surface area contributed by atoms with Gasteiger partial charge in [-0.05, 0) is 11.6 Å². The number of ketones is 1. The molecule has 0 radical (unpaired) electrons. The second kappa shape index (κ2) is 5.76. The predicted octanol–water partition coefficient (Wildman–Crippen LogP) is 1.89. The maximum atomic E-state index is 12.5. The molecule has 0 atom stereocenters. The van der Waals surface area contributed by atoms with Crippen LogP contribution in [0.15, 0.2) is 24.3 Å². The summed E-state index contributed by atoms with van der Waals surface area (Å²) in [7, 11) is -5.57. The van der Waals surface area contributed by atoms with Crippen molar-refractivity contribution in [1.82, 2.24) is 4.90 Å². The molecule has 1 amide bonds. The highest BCUT2D eigenvalue weighted by Gasteiger charge is 2.47. The van der Waals surface area contributed by atoms with Gasteiger partial charge < -0.3 is 4.90 Å². The fourth-order valence-corrected chi connectivity index (χ4v) is 2.95. The fraction of sp³-hybridized carbons (Fsp3) is 0.429. The first-order valence-electron chi connectivity index (χ1n) is 6.86. The quantitative estimate of drug-likeness (QED) is 0.827. The van der Waals surface area contributed by atoms with Crippen LogP contribution in [0.3, 0.4) is 0 Å². The Morgan fingerprint density at radius 1 is 1.21 bits per heavy atom. The van der Waals surface area contributed by atoms with Crippen molar-refractivity contribution in [1.29, 1.82) is 0 Å². The van der Waals surface area contributed by atoms with Crippen molar-refractivity contribution in [3.8, 4) is 0 Å². The van der Waals surface area contributed by atoms with E-state index in [1.807, 2.05) is 0 Å². The van der Waals surface area contributed by atoms with Gasteiger partial charge in [0.1, 0.15) is 0 Å². The van der Waals surface area contributed by atoms with Crippen LogP contribution < -0.4 is 4.72 Å². The van der Waals surface area contributed by atoms with E-state index >= 15 is 0 Å². The summed E-state index contributed by atoms with van der Waals surface area (Å²) >= 11 is 0. The molecule has 1 fully saturated rings. The number of para-hydroxylation sites is 1. The van der Waals surface area contributed by atoms with Crippen LogP contribution in [0.5, 0.6) is 0 Å². The number of rotatable bonds is 4. The van der Waals surface area contributed by atoms with Crippen molar-refractivity contribution in [3.63, 3.8) is 0 Å². The van der Waals surface area contributed by atoms with Crippen LogP contribution in [-0.2, 0) is 26.2 Å². The summed E-state index contributed by atoms with van der Waals surface area (Å²) in [6.07, 6.45) is 0. The van der Waals surface area contributed by atoms with Crippen LogP contribution in [0.1, 0.15) is 19.4 Å². The molecular weight excluding hydrogens is 349 g/mol. The number of anilines is 1. The first kappa shape index (κ1) is 18.2. The van der Waals surface area contributed by atoms with Crippen molar-refractivity contribution < 1.29 is 31.2 Å². The van der Waals surface area contributed by atoms with Gasteiger partial charge >= 0.3 is 15.5 Å². The average Bonchev–Trinajstić information content (AvgIpc) is 2.63. The van der Waals surface area contributed by atoms with E-state index in [0.717, 1.165) is 6.07 Å². The molecule has 0 bridgehead atoms. The predicted molar refractivity (Wildman–Crippen MR) is 79.2 cm³/mol. The van der Waals surface area contributed by atoms with E-state index in [2.05, 4.69) is 0 Å². The minimum atomic E-state index is -5.57. The molecule has 1 aliphatic rings. The Morgan fingerprint density at radius 3 is 2.29 bits per heavy atom. The molecule has 1 aromatic carbocycles. The summed E-state index contributed by atoms with van der Waals surface area (Å²) in [5.41, 5.74) is -6.48. The summed E-state index contributed by atoms with van der Waals surface area (Å²) in [5.74, 6) is -1.33. The molecular formula is C14H15F3N2O4S. The zero-order valence-corrected chi connectivity index (χ0v) is 13.7. The van der Waals surface area contributed by atoms with Crippen LogP contribution >= 0.6 is 0 Å². The Bertz CT molecular complexity index is 787. The maximum absolute atomic E-state index is 12.5. The summed E-state index contributed by atoms with van der Waals surface area (Å²) in [6, 6.07) is 5.40. The number of amides is 1. The molecule has 1 heterocycles. The smallest absolute Gasteiger partial charge is 0.331 e. The topological polar surface area (TPSA) is 83.6 Å². The zero-order valence-electron chi connectivity index (χ0n) is 12.8. The third-order valence-electron chi connectivity index (χ3n) is 3.61. The number of Topliss-reactive ketones (excluding diaryl/α,β-unsaturated/α-hetero) is 1. The van der Waals surface area contributed by atoms with Gasteiger partial charge in [-0.2, -0.15) is 21.6 Å². The Morgan fingerprint density at radius 2 is 1.79 bits per heavy atom. The van der Waals surface area contributed by atoms with E-state index in [0.29, 0.717) is 0 Å². The molecule has 1 N–H and O–H groups in total. The molecule has 1 aliphatic heterocycles. The van der Waals surface area contributed by atoms with Gasteiger partial charge in [-0.1, -0.05) is 32.0 Å². The minimum Gasteiger partial charge on any atom is -0.331 e. The average molecular weight is 364 g/mol. The number of sulfonamides is 1. The van der Waals surface area contributed by atoms with Gasteiger partial charge in [0, 0.05) is 13.1 Å². The first-order chi connectivity index (χ1) is 10.8. The molecule has 0 aliphatic carbocycles. The minimum absolute atomic E-state index is 0.102. The molecule has 1 saturated heterocycles. The molecule has 1 aromatic rings. The van der Waals surface area contributed by atoms with Crippen LogP contribution in [0.4, 0.5) is 18.9 Å². The summed E-state index contributed by atoms with van der Waals surface area (Å²) in [4.78, 5) is 24.9. The number of halogens is 3. The summed E-state index contributed by atoms with van der Waals surface area (Å²) in [5, 5.41) is 0. The Hall–Kier alpha value is -2.10. The van der Waals surface area contributed by atoms with Crippen molar-refractivity contribution in [2.45, 2.75) is 25.9 Å². The van der Waals surface area contributed by atoms with Crippen LogP contribution in [0, 0.1) is 5.41 Å². The van der Waals surface area contributed by atoms with Crippen LogP contribution in [0.25, 0.3) is 0 Å². The molecule has 0 saturated carbocycles. The highest BCUT2D eigenvalue weighted by molar-refractivity contribution is 7.93. The Kier molecular flexibility index (Phi) is 4.38. The van der Waals surface area contributed by atoms with Gasteiger partial charge in [0.2, 0.25) is 5.78 Å². The molecule has 6 nitrogen and oxygen atoms in total. The lowest BCUT2D eigenvalue weighted by Gasteiger charge is -2.20. The number of likely N-dealkylation sites (tertiary alicyclic amines) is 1. The molecule has 0 unspecified atom stereocenters. The monoisotopic (exact) mass is 364 g/mol. The second-order valence-electron chi connectivity index (χ2n) is 6.08. The molecule has 10 heteroatoms. The van der Waals surface area contributed by atoms with Crippen molar-refractivity contribution in [2.24, 2.45) is 5.41 Å². The fourth-order valence-electron chi connectivity index (χ4n) is 2.35. The van der Waals surface area contributed by atoms with Crippen LogP contribution in [0.2, 0.25) is 0 Å². The lowest BCUT2D eigenvalue weighted by atomic mass is 9.91. The highest BCUT2D eigenvalue weighted by atomic mass is 32.2. The van der Waals surface area contributed by atoms with Crippen molar-refractivity contribution >= 4 is 27.4 Å². The lowest BCUT2D eigenvalue weighted by molar-refractivity contribution is -0.142. The molecule has 0 spiro atoms. The summed E-state index contributed by atoms with van der Waals surface area (Å²) in [6.45, 7) is 3.10. The van der Waals surface area contributed by atoms with E-state index in [1.165, 1.54) is 27.8 Å². The van der Waals surface area contributed by atoms with Gasteiger partial charge in [-0.15, -0.1) is 0 Å². The van der Waals surface area contributed by atoms with E-state index < -0.39 is 32.6 Å². The Balaban J connectivity index is 2.28. The number of benzene rings is 1. The number of hydrogen-bond donors (Lipinski definition) is 1. The van der Waals surface area contributed by atoms with Crippen molar-refractivity contribution in [2.75, 3.05) is 11.3 Å². The van der Waals surface area contributed by atoms with Gasteiger partial charge in [-0.25, -0.2) is 0 Å². The first-order valence-corrected chi connectivity index (χ1v) is 8.34. The van der Waals surface area contributed by atoms with Gasteiger partial charge in [0.25, 0.3) is 5.91 Å². The van der Waals surface area contributed by atoms with E-state index in [9.17, 15) is 31.2 Å². The lowest BCUT2D eigenvalue weighted by Crippen LogP contribution is -2.31. The number of nitrogens with one attached hydrogen (secondary N) is 1. The summed E-state index contributed by atoms with van der Waals surface area (Å²) < 4.78 is 61.5. The van der Waals surface area contributed by atoms with E-state index in [-0.39, 0.29) is 24.3 Å². The number of nitrogens with zero attached hydrogens (tertiary/aromatic N) is 1. The third-order valence-corrected chi connectivity index (χ3v) is 4.71. The SMILES string of the molecule is CC1(C)CN(Cc2ccccc2NS(=O)(=O)C(F)(F)F)C(=O)C1=O. The van der Waals surface area contributed by atoms with Crippen molar-refractivity contribution in [3.05, 3.63) is 29.8 Å². The second-order valence-corrected chi connectivity index (χ2v) is 7.76. The van der Waals surface area contributed by atoms with Gasteiger partial charge in [0.15, 0.2) is 0 Å². The molecule has 24 heavy (non-hydrogen) atoms. The number of carbonyl (C=O) groups excluding carboxylic acids is 2. The van der Waals surface area contributed by atoms with E-state index in [4.69, 9.17) is 0 Å². The van der Waals surface area contributed by atoms with Gasteiger partial charge in [0.05, 0.1) is 11.1 Å². The maximum Gasteiger partial charge on any atom is 0.516 e. The highest BCUT2D eigenvalue weighted by Crippen LogP contribution is 2.31. The van der Waals surface area contributed by atoms with Gasteiger partial charge in [-0.3, -0.25) is 14.3 Å². The molecule has 132 valence electrons. The standard InChI is InChI=1S/C14H15F3N2O4S/c1-13(2)8-19(12(21)11(13)20)7-9-5-3-4-6-10(9)18-24(22,23)14(15,16)17/h3-6,18H,7-8H2,1-2H3. The number of hydrogen-bond acceptors (Lipinski definition) is 4. The number of alkyl halides is 3. The zero-order chi connectivity index (χ0) is 18.3.